The van der Waals surface area contributed by atoms with Crippen molar-refractivity contribution in [3.8, 4) is 17.0 Å². The molecule has 0 aliphatic carbocycles. The maximum Gasteiger partial charge on any atom is 0.573 e. The van der Waals surface area contributed by atoms with Crippen LogP contribution in [0.1, 0.15) is 12.2 Å². The minimum absolute atomic E-state index is 0.268. The molecule has 188 valence electrons. The summed E-state index contributed by atoms with van der Waals surface area (Å²) in [6.45, 7) is 6.56. The van der Waals surface area contributed by atoms with Gasteiger partial charge in [0.15, 0.2) is 5.76 Å². The fraction of sp³-hybridized carbons (Fsp3) is 0.400. The first kappa shape index (κ1) is 25.3. The lowest BCUT2D eigenvalue weighted by atomic mass is 10.1. The van der Waals surface area contributed by atoms with Gasteiger partial charge in [-0.05, 0) is 69.0 Å². The van der Waals surface area contributed by atoms with Crippen LogP contribution in [0.5, 0.6) is 5.75 Å². The van der Waals surface area contributed by atoms with Gasteiger partial charge in [-0.2, -0.15) is 0 Å². The highest BCUT2D eigenvalue weighted by Gasteiger charge is 2.31. The maximum atomic E-state index is 12.3. The van der Waals surface area contributed by atoms with Gasteiger partial charge in [0, 0.05) is 48.5 Å². The van der Waals surface area contributed by atoms with Gasteiger partial charge in [0.2, 0.25) is 0 Å². The summed E-state index contributed by atoms with van der Waals surface area (Å²) < 4.78 is 46.3. The first-order chi connectivity index (χ1) is 16.7. The molecule has 6 nitrogen and oxygen atoms in total. The minimum Gasteiger partial charge on any atom is -0.406 e. The molecule has 1 saturated heterocycles. The molecule has 10 heteroatoms. The van der Waals surface area contributed by atoms with Crippen molar-refractivity contribution in [1.29, 1.82) is 0 Å². The van der Waals surface area contributed by atoms with Crippen LogP contribution in [0.15, 0.2) is 59.1 Å². The molecule has 1 fully saturated rings. The Labute approximate surface area is 207 Å². The largest absolute Gasteiger partial charge is 0.573 e. The Morgan fingerprint density at radius 2 is 1.80 bits per heavy atom. The van der Waals surface area contributed by atoms with E-state index in [0.717, 1.165) is 50.7 Å². The molecule has 0 N–H and O–H groups in total. The van der Waals surface area contributed by atoms with Gasteiger partial charge in [-0.1, -0.05) is 22.8 Å². The van der Waals surface area contributed by atoms with E-state index in [9.17, 15) is 13.2 Å². The van der Waals surface area contributed by atoms with E-state index in [0.29, 0.717) is 23.6 Å². The number of anilines is 1. The number of alkyl halides is 3. The summed E-state index contributed by atoms with van der Waals surface area (Å²) in [7, 11) is 2.03. The van der Waals surface area contributed by atoms with E-state index < -0.39 is 6.36 Å². The third-order valence-corrected chi connectivity index (χ3v) is 6.16. The van der Waals surface area contributed by atoms with Gasteiger partial charge in [0.1, 0.15) is 11.4 Å². The second-order valence-corrected chi connectivity index (χ2v) is 9.09. The highest BCUT2D eigenvalue weighted by atomic mass is 35.5. The molecule has 1 aliphatic rings. The molecule has 4 rings (SSSR count). The number of ether oxygens (including phenoxy) is 1. The van der Waals surface area contributed by atoms with E-state index >= 15 is 0 Å². The van der Waals surface area contributed by atoms with Crippen molar-refractivity contribution < 1.29 is 22.4 Å². The van der Waals surface area contributed by atoms with Gasteiger partial charge in [0.05, 0.1) is 6.54 Å². The fourth-order valence-corrected chi connectivity index (χ4v) is 4.35. The predicted octanol–water partition coefficient (Wildman–Crippen LogP) is 5.54. The molecular formula is C25H28ClF3N4O2. The quantitative estimate of drug-likeness (QED) is 0.378. The summed E-state index contributed by atoms with van der Waals surface area (Å²) in [5.41, 5.74) is 2.41. The van der Waals surface area contributed by atoms with Crippen molar-refractivity contribution >= 4 is 17.3 Å². The van der Waals surface area contributed by atoms with Gasteiger partial charge < -0.3 is 14.2 Å². The number of hydrogen-bond donors (Lipinski definition) is 0. The monoisotopic (exact) mass is 508 g/mol. The average Bonchev–Trinajstić information content (AvgIpc) is 3.27. The summed E-state index contributed by atoms with van der Waals surface area (Å²) in [4.78, 5) is 7.02. The second-order valence-electron chi connectivity index (χ2n) is 8.65. The number of hydrogen-bond acceptors (Lipinski definition) is 6. The van der Waals surface area contributed by atoms with Crippen molar-refractivity contribution in [3.63, 3.8) is 0 Å². The molecule has 1 aromatic heterocycles. The van der Waals surface area contributed by atoms with E-state index in [4.69, 9.17) is 16.1 Å². The third kappa shape index (κ3) is 7.62. The molecule has 0 saturated carbocycles. The van der Waals surface area contributed by atoms with Gasteiger partial charge in [-0.3, -0.25) is 9.80 Å². The van der Waals surface area contributed by atoms with Crippen LogP contribution >= 0.6 is 11.6 Å². The Morgan fingerprint density at radius 1 is 1.06 bits per heavy atom. The van der Waals surface area contributed by atoms with E-state index in [1.54, 1.807) is 0 Å². The van der Waals surface area contributed by atoms with Crippen LogP contribution in [-0.4, -0.2) is 67.6 Å². The van der Waals surface area contributed by atoms with Crippen molar-refractivity contribution in [2.75, 3.05) is 51.2 Å². The number of halogens is 4. The summed E-state index contributed by atoms with van der Waals surface area (Å²) in [6, 6.07) is 15.4. The van der Waals surface area contributed by atoms with Crippen LogP contribution in [0.4, 0.5) is 18.9 Å². The van der Waals surface area contributed by atoms with Crippen molar-refractivity contribution in [3.05, 3.63) is 65.4 Å². The molecule has 0 amide bonds. The molecule has 3 aromatic rings. The highest BCUT2D eigenvalue weighted by Crippen LogP contribution is 2.26. The standard InChI is InChI=1S/C25H28ClF3N4O2/c1-31(10-3-11-32-12-14-33(15-13-32)21-5-2-4-20(26)16-21)18-23-17-24(30-35-23)19-6-8-22(9-7-19)34-25(27,28)29/h2,4-9,16-17H,3,10-15,18H2,1H3. The lowest BCUT2D eigenvalue weighted by Gasteiger charge is -2.36. The summed E-state index contributed by atoms with van der Waals surface area (Å²) in [5, 5.41) is 4.81. The minimum atomic E-state index is -4.71. The van der Waals surface area contributed by atoms with Gasteiger partial charge in [0.25, 0.3) is 0 Å². The molecule has 1 aliphatic heterocycles. The van der Waals surface area contributed by atoms with Crippen molar-refractivity contribution in [2.24, 2.45) is 0 Å². The number of rotatable bonds is 9. The van der Waals surface area contributed by atoms with Crippen LogP contribution in [-0.2, 0) is 6.54 Å². The maximum absolute atomic E-state index is 12.3. The Hall–Kier alpha value is -2.75. The molecule has 2 heterocycles. The summed E-state index contributed by atoms with van der Waals surface area (Å²) in [6.07, 6.45) is -3.67. The number of benzene rings is 2. The Kier molecular flexibility index (Phi) is 8.20. The fourth-order valence-electron chi connectivity index (χ4n) is 4.16. The molecular weight excluding hydrogens is 481 g/mol. The van der Waals surface area contributed by atoms with E-state index in [1.807, 2.05) is 31.3 Å². The van der Waals surface area contributed by atoms with E-state index in [-0.39, 0.29) is 5.75 Å². The summed E-state index contributed by atoms with van der Waals surface area (Å²) in [5.74, 6) is 0.434. The average molecular weight is 509 g/mol. The van der Waals surface area contributed by atoms with Crippen LogP contribution in [0.2, 0.25) is 5.02 Å². The zero-order valence-corrected chi connectivity index (χ0v) is 20.2. The topological polar surface area (TPSA) is 45.0 Å². The predicted molar refractivity (Wildman–Crippen MR) is 130 cm³/mol. The molecule has 0 atom stereocenters. The Morgan fingerprint density at radius 3 is 2.49 bits per heavy atom. The highest BCUT2D eigenvalue weighted by molar-refractivity contribution is 6.30. The number of piperazine rings is 1. The first-order valence-electron chi connectivity index (χ1n) is 11.5. The molecule has 0 radical (unpaired) electrons. The lowest BCUT2D eigenvalue weighted by molar-refractivity contribution is -0.274. The zero-order chi connectivity index (χ0) is 24.8. The summed E-state index contributed by atoms with van der Waals surface area (Å²) >= 11 is 6.12. The normalized spacial score (nSPS) is 15.1. The van der Waals surface area contributed by atoms with Crippen molar-refractivity contribution in [1.82, 2.24) is 15.0 Å². The SMILES string of the molecule is CN(CCCN1CCN(c2cccc(Cl)c2)CC1)Cc1cc(-c2ccc(OC(F)(F)F)cc2)no1. The zero-order valence-electron chi connectivity index (χ0n) is 19.5. The van der Waals surface area contributed by atoms with E-state index in [1.165, 1.54) is 30.0 Å². The second kappa shape index (κ2) is 11.3. The van der Waals surface area contributed by atoms with Gasteiger partial charge >= 0.3 is 6.36 Å². The first-order valence-corrected chi connectivity index (χ1v) is 11.9. The molecule has 2 aromatic carbocycles. The van der Waals surface area contributed by atoms with Crippen LogP contribution in [0.3, 0.4) is 0 Å². The Balaban J connectivity index is 1.18. The van der Waals surface area contributed by atoms with Crippen molar-refractivity contribution in [2.45, 2.75) is 19.3 Å². The lowest BCUT2D eigenvalue weighted by Crippen LogP contribution is -2.47. The molecule has 0 unspecified atom stereocenters. The molecule has 0 spiro atoms. The number of aromatic nitrogens is 1. The van der Waals surface area contributed by atoms with Crippen LogP contribution in [0, 0.1) is 0 Å². The molecule has 35 heavy (non-hydrogen) atoms. The molecule has 0 bridgehead atoms. The van der Waals surface area contributed by atoms with Gasteiger partial charge in [-0.15, -0.1) is 13.2 Å². The van der Waals surface area contributed by atoms with Crippen LogP contribution < -0.4 is 9.64 Å². The van der Waals surface area contributed by atoms with Crippen LogP contribution in [0.25, 0.3) is 11.3 Å². The Bertz CT molecular complexity index is 1080. The number of nitrogens with zero attached hydrogens (tertiary/aromatic N) is 4. The van der Waals surface area contributed by atoms with E-state index in [2.05, 4.69) is 30.7 Å². The third-order valence-electron chi connectivity index (χ3n) is 5.93. The van der Waals surface area contributed by atoms with Gasteiger partial charge in [-0.25, -0.2) is 0 Å². The smallest absolute Gasteiger partial charge is 0.406 e.